The smallest absolute Gasteiger partial charge is 0.332 e. The molecule has 0 aromatic rings. The van der Waals surface area contributed by atoms with Crippen molar-refractivity contribution in [3.8, 4) is 0 Å². The molecule has 0 aliphatic carbocycles. The van der Waals surface area contributed by atoms with Crippen molar-refractivity contribution in [3.63, 3.8) is 0 Å². The van der Waals surface area contributed by atoms with Crippen molar-refractivity contribution in [1.29, 1.82) is 0 Å². The topological polar surface area (TPSA) is 102 Å². The molecule has 14 heavy (non-hydrogen) atoms. The van der Waals surface area contributed by atoms with Gasteiger partial charge < -0.3 is 20.9 Å². The van der Waals surface area contributed by atoms with Gasteiger partial charge in [-0.05, 0) is 13.3 Å². The molecule has 0 aromatic carbocycles. The first-order valence-electron chi connectivity index (χ1n) is 4.44. The average molecular weight is 204 g/mol. The average Bonchev–Trinajstić information content (AvgIpc) is 2.17. The molecule has 1 unspecified atom stereocenters. The fourth-order valence-electron chi connectivity index (χ4n) is 0.740. The molecular formula is C8H16N2O4. The third kappa shape index (κ3) is 4.78. The Morgan fingerprint density at radius 3 is 2.71 bits per heavy atom. The second kappa shape index (κ2) is 7.28. The van der Waals surface area contributed by atoms with E-state index >= 15 is 0 Å². The first-order valence-corrected chi connectivity index (χ1v) is 4.44. The van der Waals surface area contributed by atoms with Crippen LogP contribution in [0.15, 0.2) is 0 Å². The Balaban J connectivity index is 3.80. The first-order chi connectivity index (χ1) is 6.63. The van der Waals surface area contributed by atoms with Crippen LogP contribution in [0.3, 0.4) is 0 Å². The molecular weight excluding hydrogens is 188 g/mol. The normalized spacial score (nSPS) is 11.9. The number of nitrogens with two attached hydrogens (primary N) is 1. The highest BCUT2D eigenvalue weighted by atomic mass is 16.5. The van der Waals surface area contributed by atoms with Crippen LogP contribution in [0.2, 0.25) is 0 Å². The molecule has 0 aliphatic heterocycles. The lowest BCUT2D eigenvalue weighted by Crippen LogP contribution is -2.47. The maximum absolute atomic E-state index is 11.1. The summed E-state index contributed by atoms with van der Waals surface area (Å²) in [5.41, 5.74) is 5.28. The van der Waals surface area contributed by atoms with E-state index in [1.165, 1.54) is 0 Å². The Morgan fingerprint density at radius 1 is 1.57 bits per heavy atom. The standard InChI is InChI=1S/C8H16N2O4/c1-2-14-8(13)6(9)7(12)10-4-3-5-11/h6,11H,2-5,9H2,1H3,(H,10,12). The molecule has 0 heterocycles. The molecule has 0 bridgehead atoms. The van der Waals surface area contributed by atoms with Crippen molar-refractivity contribution in [2.45, 2.75) is 19.4 Å². The molecule has 82 valence electrons. The Hall–Kier alpha value is -1.14. The van der Waals surface area contributed by atoms with Crippen LogP contribution in [0.5, 0.6) is 0 Å². The van der Waals surface area contributed by atoms with Gasteiger partial charge in [0.2, 0.25) is 5.91 Å². The van der Waals surface area contributed by atoms with E-state index < -0.39 is 17.9 Å². The fourth-order valence-corrected chi connectivity index (χ4v) is 0.740. The highest BCUT2D eigenvalue weighted by Crippen LogP contribution is 1.86. The number of hydrogen-bond donors (Lipinski definition) is 3. The van der Waals surface area contributed by atoms with Gasteiger partial charge in [-0.2, -0.15) is 0 Å². The van der Waals surface area contributed by atoms with E-state index in [1.807, 2.05) is 0 Å². The third-order valence-electron chi connectivity index (χ3n) is 1.46. The zero-order valence-electron chi connectivity index (χ0n) is 8.16. The zero-order valence-corrected chi connectivity index (χ0v) is 8.16. The minimum Gasteiger partial charge on any atom is -0.464 e. The highest BCUT2D eigenvalue weighted by Gasteiger charge is 2.22. The van der Waals surface area contributed by atoms with Crippen molar-refractivity contribution in [3.05, 3.63) is 0 Å². The predicted molar refractivity (Wildman–Crippen MR) is 49.3 cm³/mol. The van der Waals surface area contributed by atoms with Gasteiger partial charge in [-0.3, -0.25) is 4.79 Å². The maximum Gasteiger partial charge on any atom is 0.332 e. The number of ether oxygens (including phenoxy) is 1. The molecule has 0 radical (unpaired) electrons. The van der Waals surface area contributed by atoms with Gasteiger partial charge in [0.1, 0.15) is 0 Å². The number of aliphatic hydroxyl groups is 1. The number of rotatable bonds is 6. The summed E-state index contributed by atoms with van der Waals surface area (Å²) in [4.78, 5) is 22.1. The maximum atomic E-state index is 11.1. The SMILES string of the molecule is CCOC(=O)C(N)C(=O)NCCCO. The van der Waals surface area contributed by atoms with Crippen LogP contribution < -0.4 is 11.1 Å². The number of amides is 1. The predicted octanol–water partition coefficient (Wildman–Crippen LogP) is -1.62. The molecule has 4 N–H and O–H groups in total. The summed E-state index contributed by atoms with van der Waals surface area (Å²) >= 11 is 0. The lowest BCUT2D eigenvalue weighted by Gasteiger charge is -2.10. The summed E-state index contributed by atoms with van der Waals surface area (Å²) in [5.74, 6) is -1.33. The highest BCUT2D eigenvalue weighted by molar-refractivity contribution is 6.01. The number of hydrogen-bond acceptors (Lipinski definition) is 5. The van der Waals surface area contributed by atoms with Crippen LogP contribution in [0.25, 0.3) is 0 Å². The molecule has 1 atom stereocenters. The Labute approximate surface area is 82.4 Å². The summed E-state index contributed by atoms with van der Waals surface area (Å²) in [5, 5.41) is 10.8. The minimum absolute atomic E-state index is 0.0189. The number of esters is 1. The fraction of sp³-hybridized carbons (Fsp3) is 0.750. The lowest BCUT2D eigenvalue weighted by atomic mass is 10.3. The quantitative estimate of drug-likeness (QED) is 0.274. The number of aliphatic hydroxyl groups excluding tert-OH is 1. The van der Waals surface area contributed by atoms with Gasteiger partial charge >= 0.3 is 5.97 Å². The monoisotopic (exact) mass is 204 g/mol. The van der Waals surface area contributed by atoms with Crippen molar-refractivity contribution < 1.29 is 19.4 Å². The van der Waals surface area contributed by atoms with Crippen LogP contribution in [0.1, 0.15) is 13.3 Å². The molecule has 0 saturated heterocycles. The summed E-state index contributed by atoms with van der Waals surface area (Å²) in [6.45, 7) is 2.10. The summed E-state index contributed by atoms with van der Waals surface area (Å²) in [6, 6.07) is -1.28. The van der Waals surface area contributed by atoms with Crippen LogP contribution in [-0.2, 0) is 14.3 Å². The van der Waals surface area contributed by atoms with Gasteiger partial charge in [-0.25, -0.2) is 4.79 Å². The van der Waals surface area contributed by atoms with Crippen molar-refractivity contribution in [2.24, 2.45) is 5.73 Å². The van der Waals surface area contributed by atoms with E-state index in [1.54, 1.807) is 6.92 Å². The molecule has 0 aromatic heterocycles. The van der Waals surface area contributed by atoms with E-state index in [9.17, 15) is 9.59 Å². The Morgan fingerprint density at radius 2 is 2.21 bits per heavy atom. The van der Waals surface area contributed by atoms with E-state index in [0.29, 0.717) is 13.0 Å². The largest absolute Gasteiger partial charge is 0.464 e. The van der Waals surface area contributed by atoms with E-state index in [0.717, 1.165) is 0 Å². The van der Waals surface area contributed by atoms with Gasteiger partial charge in [0.05, 0.1) is 6.61 Å². The van der Waals surface area contributed by atoms with Gasteiger partial charge in [-0.15, -0.1) is 0 Å². The van der Waals surface area contributed by atoms with E-state index in [2.05, 4.69) is 10.1 Å². The van der Waals surface area contributed by atoms with Gasteiger partial charge in [-0.1, -0.05) is 0 Å². The molecule has 6 heteroatoms. The first kappa shape index (κ1) is 12.9. The number of nitrogens with one attached hydrogen (secondary N) is 1. The summed E-state index contributed by atoms with van der Waals surface area (Å²) in [6.07, 6.45) is 0.432. The molecule has 0 aliphatic rings. The number of carbonyl (C=O) groups excluding carboxylic acids is 2. The molecule has 6 nitrogen and oxygen atoms in total. The minimum atomic E-state index is -1.28. The molecule has 0 fully saturated rings. The zero-order chi connectivity index (χ0) is 11.0. The molecule has 0 spiro atoms. The van der Waals surface area contributed by atoms with E-state index in [4.69, 9.17) is 10.8 Å². The van der Waals surface area contributed by atoms with Crippen LogP contribution in [-0.4, -0.2) is 42.8 Å². The van der Waals surface area contributed by atoms with Gasteiger partial charge in [0.15, 0.2) is 6.04 Å². The Kier molecular flexibility index (Phi) is 6.69. The van der Waals surface area contributed by atoms with Crippen LogP contribution in [0.4, 0.5) is 0 Å². The molecule has 0 saturated carbocycles. The van der Waals surface area contributed by atoms with E-state index in [-0.39, 0.29) is 13.2 Å². The van der Waals surface area contributed by atoms with Crippen LogP contribution >= 0.6 is 0 Å². The molecule has 0 rings (SSSR count). The van der Waals surface area contributed by atoms with Crippen molar-refractivity contribution in [1.82, 2.24) is 5.32 Å². The van der Waals surface area contributed by atoms with Crippen molar-refractivity contribution in [2.75, 3.05) is 19.8 Å². The lowest BCUT2D eigenvalue weighted by molar-refractivity contribution is -0.147. The van der Waals surface area contributed by atoms with Gasteiger partial charge in [0.25, 0.3) is 0 Å². The second-order valence-electron chi connectivity index (χ2n) is 2.60. The summed E-state index contributed by atoms with van der Waals surface area (Å²) < 4.78 is 4.56. The summed E-state index contributed by atoms with van der Waals surface area (Å²) in [7, 11) is 0. The van der Waals surface area contributed by atoms with Gasteiger partial charge in [0, 0.05) is 13.2 Å². The van der Waals surface area contributed by atoms with Crippen LogP contribution in [0, 0.1) is 0 Å². The number of carbonyl (C=O) groups is 2. The Bertz CT molecular complexity index is 196. The third-order valence-corrected chi connectivity index (χ3v) is 1.46. The van der Waals surface area contributed by atoms with Crippen molar-refractivity contribution >= 4 is 11.9 Å². The second-order valence-corrected chi connectivity index (χ2v) is 2.60. The molecule has 1 amide bonds.